The van der Waals surface area contributed by atoms with Crippen molar-refractivity contribution in [2.75, 3.05) is 14.2 Å². The number of fused-ring (bicyclic) bond motifs is 1. The normalized spacial score (nSPS) is 11.9. The maximum absolute atomic E-state index is 12.1. The molecule has 0 fully saturated rings. The summed E-state index contributed by atoms with van der Waals surface area (Å²) in [6, 6.07) is 12.3. The number of hydrogen-bond donors (Lipinski definition) is 0. The van der Waals surface area contributed by atoms with Crippen molar-refractivity contribution in [3.8, 4) is 22.6 Å². The third kappa shape index (κ3) is 3.79. The quantitative estimate of drug-likeness (QED) is 0.505. The minimum Gasteiger partial charge on any atom is -0.497 e. The van der Waals surface area contributed by atoms with Gasteiger partial charge >= 0.3 is 11.6 Å². The molecular formula is C21H20O6. The number of carbonyl (C=O) groups is 1. The highest BCUT2D eigenvalue weighted by Crippen LogP contribution is 2.36. The zero-order valence-corrected chi connectivity index (χ0v) is 15.6. The van der Waals surface area contributed by atoms with Crippen molar-refractivity contribution in [1.82, 2.24) is 0 Å². The van der Waals surface area contributed by atoms with Crippen molar-refractivity contribution in [3.05, 3.63) is 58.4 Å². The summed E-state index contributed by atoms with van der Waals surface area (Å²) in [7, 11) is 2.89. The van der Waals surface area contributed by atoms with Gasteiger partial charge in [0.2, 0.25) is 0 Å². The Labute approximate surface area is 156 Å². The van der Waals surface area contributed by atoms with Gasteiger partial charge in [-0.1, -0.05) is 12.1 Å². The molecule has 3 rings (SSSR count). The lowest BCUT2D eigenvalue weighted by molar-refractivity contribution is -0.147. The van der Waals surface area contributed by atoms with Crippen LogP contribution in [0.3, 0.4) is 0 Å². The molecule has 0 spiro atoms. The lowest BCUT2D eigenvalue weighted by atomic mass is 10.00. The molecule has 6 nitrogen and oxygen atoms in total. The van der Waals surface area contributed by atoms with Gasteiger partial charge in [0.15, 0.2) is 6.10 Å². The molecule has 140 valence electrons. The van der Waals surface area contributed by atoms with Crippen LogP contribution in [0.25, 0.3) is 22.1 Å². The Balaban J connectivity index is 2.23. The second-order valence-corrected chi connectivity index (χ2v) is 6.13. The van der Waals surface area contributed by atoms with E-state index in [1.54, 1.807) is 26.2 Å². The number of carbonyl (C=O) groups excluding carboxylic acids is 1. The predicted molar refractivity (Wildman–Crippen MR) is 101 cm³/mol. The molecule has 0 aliphatic heterocycles. The van der Waals surface area contributed by atoms with Crippen LogP contribution >= 0.6 is 0 Å². The molecule has 0 aliphatic carbocycles. The molecule has 0 saturated heterocycles. The molecule has 6 heteroatoms. The average Bonchev–Trinajstić information content (AvgIpc) is 2.66. The molecule has 0 bridgehead atoms. The van der Waals surface area contributed by atoms with E-state index in [0.29, 0.717) is 28.0 Å². The number of benzene rings is 2. The summed E-state index contributed by atoms with van der Waals surface area (Å²) in [4.78, 5) is 23.9. The maximum Gasteiger partial charge on any atom is 0.346 e. The van der Waals surface area contributed by atoms with Gasteiger partial charge in [0.1, 0.15) is 17.1 Å². The van der Waals surface area contributed by atoms with E-state index >= 15 is 0 Å². The van der Waals surface area contributed by atoms with Crippen LogP contribution in [0.15, 0.2) is 51.7 Å². The molecule has 1 aromatic heterocycles. The van der Waals surface area contributed by atoms with Crippen LogP contribution in [0.1, 0.15) is 12.5 Å². The van der Waals surface area contributed by atoms with Gasteiger partial charge in [0, 0.05) is 11.6 Å². The molecule has 2 aromatic carbocycles. The summed E-state index contributed by atoms with van der Waals surface area (Å²) in [6.07, 6.45) is -0.810. The zero-order chi connectivity index (χ0) is 19.6. The number of hydrogen-bond acceptors (Lipinski definition) is 6. The fourth-order valence-electron chi connectivity index (χ4n) is 2.89. The Morgan fingerprint density at radius 2 is 1.78 bits per heavy atom. The van der Waals surface area contributed by atoms with E-state index in [9.17, 15) is 9.59 Å². The van der Waals surface area contributed by atoms with Crippen LogP contribution in [-0.4, -0.2) is 26.3 Å². The molecule has 27 heavy (non-hydrogen) atoms. The van der Waals surface area contributed by atoms with Gasteiger partial charge in [-0.15, -0.1) is 0 Å². The summed E-state index contributed by atoms with van der Waals surface area (Å²) >= 11 is 0. The fourth-order valence-corrected chi connectivity index (χ4v) is 2.89. The Hall–Kier alpha value is -3.28. The largest absolute Gasteiger partial charge is 0.497 e. The van der Waals surface area contributed by atoms with Crippen molar-refractivity contribution in [2.24, 2.45) is 0 Å². The van der Waals surface area contributed by atoms with Gasteiger partial charge in [-0.2, -0.15) is 0 Å². The summed E-state index contributed by atoms with van der Waals surface area (Å²) in [5.74, 6) is 0.656. The fraction of sp³-hybridized carbons (Fsp3) is 0.238. The molecule has 0 radical (unpaired) electrons. The predicted octanol–water partition coefficient (Wildman–Crippen LogP) is 3.72. The van der Waals surface area contributed by atoms with Crippen molar-refractivity contribution in [1.29, 1.82) is 0 Å². The van der Waals surface area contributed by atoms with E-state index in [1.807, 2.05) is 31.2 Å². The topological polar surface area (TPSA) is 75.0 Å². The number of rotatable bonds is 5. The van der Waals surface area contributed by atoms with E-state index in [0.717, 1.165) is 11.1 Å². The van der Waals surface area contributed by atoms with Gasteiger partial charge in [-0.3, -0.25) is 0 Å². The lowest BCUT2D eigenvalue weighted by Gasteiger charge is -2.16. The summed E-state index contributed by atoms with van der Waals surface area (Å²) in [5.41, 5.74) is 2.21. The van der Waals surface area contributed by atoms with Crippen LogP contribution < -0.4 is 15.1 Å². The van der Waals surface area contributed by atoms with Crippen molar-refractivity contribution in [3.63, 3.8) is 0 Å². The Morgan fingerprint density at radius 3 is 2.41 bits per heavy atom. The SMILES string of the molecule is COC(=O)C(C)Oc1cc(C)cc2oc(=O)cc(-c3ccc(OC)cc3)c12. The summed E-state index contributed by atoms with van der Waals surface area (Å²) in [5, 5.41) is 0.612. The number of aryl methyl sites for hydroxylation is 1. The van der Waals surface area contributed by atoms with Crippen molar-refractivity contribution >= 4 is 16.9 Å². The second kappa shape index (κ2) is 7.53. The van der Waals surface area contributed by atoms with Crippen molar-refractivity contribution < 1.29 is 23.4 Å². The number of esters is 1. The Morgan fingerprint density at radius 1 is 1.07 bits per heavy atom. The van der Waals surface area contributed by atoms with E-state index in [4.69, 9.17) is 18.6 Å². The van der Waals surface area contributed by atoms with Gasteiger partial charge in [0.25, 0.3) is 0 Å². The van der Waals surface area contributed by atoms with E-state index in [-0.39, 0.29) is 0 Å². The van der Waals surface area contributed by atoms with Crippen molar-refractivity contribution in [2.45, 2.75) is 20.0 Å². The molecule has 0 N–H and O–H groups in total. The van der Waals surface area contributed by atoms with Gasteiger partial charge < -0.3 is 18.6 Å². The molecular weight excluding hydrogens is 348 g/mol. The maximum atomic E-state index is 12.1. The Kier molecular flexibility index (Phi) is 5.16. The third-order valence-electron chi connectivity index (χ3n) is 4.19. The first-order valence-corrected chi connectivity index (χ1v) is 8.40. The second-order valence-electron chi connectivity index (χ2n) is 6.13. The monoisotopic (exact) mass is 368 g/mol. The molecule has 0 aliphatic rings. The minimum absolute atomic E-state index is 0.389. The average molecular weight is 368 g/mol. The molecule has 1 heterocycles. The van der Waals surface area contributed by atoms with Crippen LogP contribution in [0.2, 0.25) is 0 Å². The minimum atomic E-state index is -0.810. The first kappa shape index (κ1) is 18.5. The van der Waals surface area contributed by atoms with E-state index < -0.39 is 17.7 Å². The van der Waals surface area contributed by atoms with Gasteiger partial charge in [-0.25, -0.2) is 9.59 Å². The van der Waals surface area contributed by atoms with E-state index in [2.05, 4.69) is 0 Å². The Bertz CT molecular complexity index is 1030. The summed E-state index contributed by atoms with van der Waals surface area (Å²) in [6.45, 7) is 3.46. The van der Waals surface area contributed by atoms with Crippen LogP contribution in [0, 0.1) is 6.92 Å². The first-order valence-electron chi connectivity index (χ1n) is 8.40. The number of ether oxygens (including phenoxy) is 3. The lowest BCUT2D eigenvalue weighted by Crippen LogP contribution is -2.25. The van der Waals surface area contributed by atoms with Gasteiger partial charge in [-0.05, 0) is 49.2 Å². The van der Waals surface area contributed by atoms with E-state index in [1.165, 1.54) is 13.2 Å². The van der Waals surface area contributed by atoms with Gasteiger partial charge in [0.05, 0.1) is 19.6 Å². The highest BCUT2D eigenvalue weighted by molar-refractivity contribution is 5.98. The first-order chi connectivity index (χ1) is 12.9. The highest BCUT2D eigenvalue weighted by atomic mass is 16.6. The molecule has 3 aromatic rings. The molecule has 0 saturated carbocycles. The van der Waals surface area contributed by atoms with Crippen LogP contribution in [0.5, 0.6) is 11.5 Å². The molecule has 1 atom stereocenters. The summed E-state index contributed by atoms with van der Waals surface area (Å²) < 4.78 is 21.2. The number of methoxy groups -OCH3 is 2. The molecule has 1 unspecified atom stereocenters. The zero-order valence-electron chi connectivity index (χ0n) is 15.6. The standard InChI is InChI=1S/C21H20O6/c1-12-9-17(26-13(2)21(23)25-4)20-16(11-19(22)27-18(20)10-12)14-5-7-15(24-3)8-6-14/h5-11,13H,1-4H3. The third-order valence-corrected chi connectivity index (χ3v) is 4.19. The molecule has 0 amide bonds. The highest BCUT2D eigenvalue weighted by Gasteiger charge is 2.20. The smallest absolute Gasteiger partial charge is 0.346 e. The van der Waals surface area contributed by atoms with Crippen LogP contribution in [-0.2, 0) is 9.53 Å². The van der Waals surface area contributed by atoms with Crippen LogP contribution in [0.4, 0.5) is 0 Å².